The number of rotatable bonds is 3. The lowest BCUT2D eigenvalue weighted by Crippen LogP contribution is -2.02. The molecule has 0 fully saturated rings. The van der Waals surface area contributed by atoms with Crippen LogP contribution >= 0.6 is 23.2 Å². The van der Waals surface area contributed by atoms with Crippen LogP contribution in [-0.2, 0) is 6.42 Å². The van der Waals surface area contributed by atoms with E-state index < -0.39 is 5.82 Å². The third kappa shape index (κ3) is 2.61. The Morgan fingerprint density at radius 3 is 2.48 bits per heavy atom. The van der Waals surface area contributed by atoms with Crippen molar-refractivity contribution in [1.82, 2.24) is 9.55 Å². The molecule has 0 aliphatic rings. The molecule has 0 unspecified atom stereocenters. The number of hydrogen-bond donors (Lipinski definition) is 0. The zero-order valence-corrected chi connectivity index (χ0v) is 12.3. The summed E-state index contributed by atoms with van der Waals surface area (Å²) < 4.78 is 28.6. The average molecular weight is 327 g/mol. The average Bonchev–Trinajstić information content (AvgIpc) is 2.78. The van der Waals surface area contributed by atoms with Crippen molar-refractivity contribution in [2.24, 2.45) is 0 Å². The third-order valence-electron chi connectivity index (χ3n) is 3.17. The van der Waals surface area contributed by atoms with Gasteiger partial charge in [0, 0.05) is 24.1 Å². The van der Waals surface area contributed by atoms with Crippen LogP contribution in [0.1, 0.15) is 5.82 Å². The number of aryl methyl sites for hydroxylation is 1. The molecule has 0 atom stereocenters. The van der Waals surface area contributed by atoms with Gasteiger partial charge in [0.05, 0.1) is 16.1 Å². The van der Waals surface area contributed by atoms with Crippen molar-refractivity contribution in [3.8, 4) is 5.69 Å². The van der Waals surface area contributed by atoms with Crippen molar-refractivity contribution in [2.45, 2.75) is 6.42 Å². The van der Waals surface area contributed by atoms with Crippen LogP contribution in [0.5, 0.6) is 0 Å². The fourth-order valence-electron chi connectivity index (χ4n) is 2.25. The fourth-order valence-corrected chi connectivity index (χ4v) is 2.58. The van der Waals surface area contributed by atoms with Crippen molar-refractivity contribution < 1.29 is 8.78 Å². The monoisotopic (exact) mass is 326 g/mol. The highest BCUT2D eigenvalue weighted by molar-refractivity contribution is 6.31. The molecule has 2 aromatic carbocycles. The third-order valence-corrected chi connectivity index (χ3v) is 3.65. The van der Waals surface area contributed by atoms with Crippen molar-refractivity contribution in [1.29, 1.82) is 0 Å². The number of nitrogens with zero attached hydrogens (tertiary/aromatic N) is 2. The minimum atomic E-state index is -0.523. The quantitative estimate of drug-likeness (QED) is 0.636. The van der Waals surface area contributed by atoms with E-state index >= 15 is 0 Å². The van der Waals surface area contributed by atoms with Gasteiger partial charge in [-0.05, 0) is 30.3 Å². The van der Waals surface area contributed by atoms with Gasteiger partial charge in [0.1, 0.15) is 17.5 Å². The number of alkyl halides is 1. The molecular weight excluding hydrogens is 317 g/mol. The topological polar surface area (TPSA) is 17.8 Å². The first-order chi connectivity index (χ1) is 10.1. The molecule has 3 rings (SSSR count). The molecule has 3 aromatic rings. The fraction of sp³-hybridized carbons (Fsp3) is 0.133. The molecule has 0 aliphatic carbocycles. The Balaban J connectivity index is 2.29. The number of aromatic nitrogens is 2. The maximum atomic E-state index is 13.7. The van der Waals surface area contributed by atoms with E-state index in [9.17, 15) is 8.78 Å². The van der Waals surface area contributed by atoms with E-state index in [1.165, 1.54) is 24.3 Å². The summed E-state index contributed by atoms with van der Waals surface area (Å²) in [6.45, 7) is 0. The predicted octanol–water partition coefficient (Wildman–Crippen LogP) is 4.74. The summed E-state index contributed by atoms with van der Waals surface area (Å²) in [4.78, 5) is 4.44. The van der Waals surface area contributed by atoms with Gasteiger partial charge in [-0.2, -0.15) is 0 Å². The maximum Gasteiger partial charge on any atom is 0.144 e. The van der Waals surface area contributed by atoms with Crippen LogP contribution in [0.4, 0.5) is 8.78 Å². The maximum absolute atomic E-state index is 13.7. The molecule has 21 heavy (non-hydrogen) atoms. The van der Waals surface area contributed by atoms with E-state index in [1.54, 1.807) is 16.7 Å². The van der Waals surface area contributed by atoms with Gasteiger partial charge in [0.25, 0.3) is 0 Å². The lowest BCUT2D eigenvalue weighted by Gasteiger charge is -2.08. The van der Waals surface area contributed by atoms with E-state index in [0.29, 0.717) is 34.8 Å². The minimum absolute atomic E-state index is 0.0173. The first kappa shape index (κ1) is 14.3. The zero-order valence-electron chi connectivity index (χ0n) is 10.8. The van der Waals surface area contributed by atoms with Gasteiger partial charge in [0.2, 0.25) is 0 Å². The number of halogens is 4. The summed E-state index contributed by atoms with van der Waals surface area (Å²) in [5.74, 6) is 0.190. The molecule has 0 radical (unpaired) electrons. The standard InChI is InChI=1S/C15H10Cl2F2N2/c16-6-5-15-20-13-7-11(17)12(19)8-14(13)21(15)10-3-1-9(18)2-4-10/h1-4,7-8H,5-6H2. The highest BCUT2D eigenvalue weighted by atomic mass is 35.5. The lowest BCUT2D eigenvalue weighted by atomic mass is 10.2. The van der Waals surface area contributed by atoms with Crippen molar-refractivity contribution in [2.75, 3.05) is 5.88 Å². The molecule has 0 bridgehead atoms. The molecule has 0 saturated heterocycles. The number of benzene rings is 2. The summed E-state index contributed by atoms with van der Waals surface area (Å²) in [7, 11) is 0. The van der Waals surface area contributed by atoms with Gasteiger partial charge < -0.3 is 0 Å². The highest BCUT2D eigenvalue weighted by Crippen LogP contribution is 2.27. The molecule has 6 heteroatoms. The molecule has 1 aromatic heterocycles. The Bertz CT molecular complexity index is 798. The number of fused-ring (bicyclic) bond motifs is 1. The summed E-state index contributed by atoms with van der Waals surface area (Å²) in [5.41, 5.74) is 1.84. The molecule has 1 heterocycles. The minimum Gasteiger partial charge on any atom is -0.296 e. The second-order valence-electron chi connectivity index (χ2n) is 4.53. The van der Waals surface area contributed by atoms with E-state index in [0.717, 1.165) is 0 Å². The van der Waals surface area contributed by atoms with E-state index in [-0.39, 0.29) is 10.8 Å². The second-order valence-corrected chi connectivity index (χ2v) is 5.32. The van der Waals surface area contributed by atoms with Crippen LogP contribution in [-0.4, -0.2) is 15.4 Å². The van der Waals surface area contributed by atoms with E-state index in [4.69, 9.17) is 23.2 Å². The molecule has 0 aliphatic heterocycles. The SMILES string of the molecule is Fc1ccc(-n2c(CCCl)nc3cc(Cl)c(F)cc32)cc1. The Hall–Kier alpha value is -1.65. The van der Waals surface area contributed by atoms with Gasteiger partial charge >= 0.3 is 0 Å². The molecule has 0 saturated carbocycles. The van der Waals surface area contributed by atoms with Crippen LogP contribution < -0.4 is 0 Å². The summed E-state index contributed by atoms with van der Waals surface area (Å²) in [6.07, 6.45) is 0.507. The smallest absolute Gasteiger partial charge is 0.144 e. The number of hydrogen-bond acceptors (Lipinski definition) is 1. The Morgan fingerprint density at radius 2 is 1.81 bits per heavy atom. The van der Waals surface area contributed by atoms with Gasteiger partial charge in [-0.25, -0.2) is 13.8 Å². The second kappa shape index (κ2) is 5.62. The first-order valence-corrected chi connectivity index (χ1v) is 7.19. The largest absolute Gasteiger partial charge is 0.296 e. The van der Waals surface area contributed by atoms with Crippen LogP contribution in [0.3, 0.4) is 0 Å². The van der Waals surface area contributed by atoms with Gasteiger partial charge in [-0.15, -0.1) is 11.6 Å². The van der Waals surface area contributed by atoms with Gasteiger partial charge in [0.15, 0.2) is 0 Å². The van der Waals surface area contributed by atoms with E-state index in [2.05, 4.69) is 4.98 Å². The van der Waals surface area contributed by atoms with Crippen LogP contribution in [0, 0.1) is 11.6 Å². The summed E-state index contributed by atoms with van der Waals surface area (Å²) in [5, 5.41) is 0.0173. The van der Waals surface area contributed by atoms with Gasteiger partial charge in [-0.1, -0.05) is 11.6 Å². The molecule has 0 N–H and O–H groups in total. The van der Waals surface area contributed by atoms with Crippen LogP contribution in [0.15, 0.2) is 36.4 Å². The lowest BCUT2D eigenvalue weighted by molar-refractivity contribution is 0.626. The molecule has 108 valence electrons. The van der Waals surface area contributed by atoms with E-state index in [1.807, 2.05) is 0 Å². The van der Waals surface area contributed by atoms with Crippen molar-refractivity contribution in [3.05, 3.63) is 58.9 Å². The highest BCUT2D eigenvalue weighted by Gasteiger charge is 2.14. The zero-order chi connectivity index (χ0) is 15.0. The predicted molar refractivity (Wildman–Crippen MR) is 80.4 cm³/mol. The molecule has 0 spiro atoms. The van der Waals surface area contributed by atoms with Gasteiger partial charge in [-0.3, -0.25) is 4.57 Å². The summed E-state index contributed by atoms with van der Waals surface area (Å²) in [6, 6.07) is 8.72. The van der Waals surface area contributed by atoms with Crippen molar-refractivity contribution in [3.63, 3.8) is 0 Å². The Morgan fingerprint density at radius 1 is 1.10 bits per heavy atom. The molecular formula is C15H10Cl2F2N2. The first-order valence-electron chi connectivity index (χ1n) is 6.28. The molecule has 0 amide bonds. The molecule has 2 nitrogen and oxygen atoms in total. The number of imidazole rings is 1. The van der Waals surface area contributed by atoms with Crippen molar-refractivity contribution >= 4 is 34.2 Å². The van der Waals surface area contributed by atoms with Crippen LogP contribution in [0.2, 0.25) is 5.02 Å². The normalized spacial score (nSPS) is 11.2. The van der Waals surface area contributed by atoms with Crippen LogP contribution in [0.25, 0.3) is 16.7 Å². The Kier molecular flexibility index (Phi) is 3.83. The summed E-state index contributed by atoms with van der Waals surface area (Å²) >= 11 is 11.6. The Labute approximate surface area is 129 Å².